The van der Waals surface area contributed by atoms with Crippen molar-refractivity contribution in [2.24, 2.45) is 0 Å². The molecule has 0 bridgehead atoms. The number of halogens is 2. The van der Waals surface area contributed by atoms with Gasteiger partial charge in [-0.25, -0.2) is 0 Å². The largest absolute Gasteiger partial charge is 0.383 e. The van der Waals surface area contributed by atoms with Gasteiger partial charge in [-0.15, -0.1) is 11.3 Å². The number of hydrogen-bond donors (Lipinski definition) is 1. The summed E-state index contributed by atoms with van der Waals surface area (Å²) in [7, 11) is 4.06. The number of nitrogens with zero attached hydrogens (tertiary/aromatic N) is 1. The molecule has 0 saturated heterocycles. The highest BCUT2D eigenvalue weighted by Gasteiger charge is 2.20. The van der Waals surface area contributed by atoms with E-state index in [4.69, 9.17) is 0 Å². The van der Waals surface area contributed by atoms with Crippen LogP contribution in [0.5, 0.6) is 0 Å². The summed E-state index contributed by atoms with van der Waals surface area (Å²) in [5.74, 6) is 0. The molecule has 0 aliphatic heterocycles. The Morgan fingerprint density at radius 2 is 1.95 bits per heavy atom. The maximum atomic E-state index is 10.6. The Labute approximate surface area is 134 Å². The Kier molecular flexibility index (Phi) is 5.20. The molecule has 0 aliphatic carbocycles. The summed E-state index contributed by atoms with van der Waals surface area (Å²) in [5.41, 5.74) is 2.11. The minimum absolute atomic E-state index is 0.596. The minimum atomic E-state index is -0.596. The van der Waals surface area contributed by atoms with Crippen molar-refractivity contribution in [1.82, 2.24) is 4.90 Å². The molecule has 5 heteroatoms. The van der Waals surface area contributed by atoms with Crippen molar-refractivity contribution in [2.75, 3.05) is 14.1 Å². The van der Waals surface area contributed by atoms with Crippen molar-refractivity contribution in [3.8, 4) is 0 Å². The van der Waals surface area contributed by atoms with Gasteiger partial charge in [-0.05, 0) is 57.1 Å². The Hall–Kier alpha value is -0.200. The lowest BCUT2D eigenvalue weighted by Gasteiger charge is -2.18. The van der Waals surface area contributed by atoms with E-state index in [1.807, 2.05) is 37.7 Å². The van der Waals surface area contributed by atoms with Crippen LogP contribution < -0.4 is 0 Å². The van der Waals surface area contributed by atoms with Gasteiger partial charge < -0.3 is 10.0 Å². The van der Waals surface area contributed by atoms with Crippen LogP contribution in [0.1, 0.15) is 22.1 Å². The molecule has 1 aromatic heterocycles. The minimum Gasteiger partial charge on any atom is -0.383 e. The van der Waals surface area contributed by atoms with Crippen LogP contribution in [0.25, 0.3) is 0 Å². The SMILES string of the molecule is CN(C)Cc1ccccc1C(O)c1scc(Br)c1Br. The van der Waals surface area contributed by atoms with E-state index in [0.29, 0.717) is 0 Å². The second kappa shape index (κ2) is 6.50. The van der Waals surface area contributed by atoms with Gasteiger partial charge in [0.05, 0.1) is 4.88 Å². The van der Waals surface area contributed by atoms with Crippen LogP contribution >= 0.6 is 43.2 Å². The molecule has 2 nitrogen and oxygen atoms in total. The molecule has 0 saturated carbocycles. The van der Waals surface area contributed by atoms with Gasteiger partial charge in [-0.1, -0.05) is 24.3 Å². The predicted octanol–water partition coefficient (Wildman–Crippen LogP) is 4.42. The monoisotopic (exact) mass is 403 g/mol. The van der Waals surface area contributed by atoms with Crippen molar-refractivity contribution >= 4 is 43.2 Å². The number of hydrogen-bond acceptors (Lipinski definition) is 3. The highest BCUT2D eigenvalue weighted by atomic mass is 79.9. The molecule has 1 unspecified atom stereocenters. The fourth-order valence-corrected chi connectivity index (χ4v) is 4.15. The molecule has 2 rings (SSSR count). The molecule has 0 aliphatic rings. The third kappa shape index (κ3) is 3.47. The summed E-state index contributed by atoms with van der Waals surface area (Å²) in [6, 6.07) is 8.03. The van der Waals surface area contributed by atoms with E-state index >= 15 is 0 Å². The van der Waals surface area contributed by atoms with Gasteiger partial charge in [0, 0.05) is 20.9 Å². The lowest BCUT2D eigenvalue weighted by molar-refractivity contribution is 0.221. The summed E-state index contributed by atoms with van der Waals surface area (Å²) in [6.07, 6.45) is -0.596. The zero-order valence-electron chi connectivity index (χ0n) is 10.7. The van der Waals surface area contributed by atoms with E-state index in [9.17, 15) is 5.11 Å². The fraction of sp³-hybridized carbons (Fsp3) is 0.286. The van der Waals surface area contributed by atoms with Crippen molar-refractivity contribution < 1.29 is 5.11 Å². The van der Waals surface area contributed by atoms with E-state index in [1.165, 1.54) is 0 Å². The molecule has 102 valence electrons. The fourth-order valence-electron chi connectivity index (χ4n) is 1.95. The molecule has 0 radical (unpaired) electrons. The van der Waals surface area contributed by atoms with Gasteiger partial charge in [0.25, 0.3) is 0 Å². The molecule has 1 aromatic carbocycles. The van der Waals surface area contributed by atoms with Crippen LogP contribution in [0.4, 0.5) is 0 Å². The standard InChI is InChI=1S/C14H15Br2NOS/c1-17(2)7-9-5-3-4-6-10(9)13(18)14-12(16)11(15)8-19-14/h3-6,8,13,18H,7H2,1-2H3. The Balaban J connectivity index is 2.38. The van der Waals surface area contributed by atoms with Crippen LogP contribution in [0.2, 0.25) is 0 Å². The van der Waals surface area contributed by atoms with Crippen molar-refractivity contribution in [2.45, 2.75) is 12.6 Å². The van der Waals surface area contributed by atoms with Crippen LogP contribution in [0.15, 0.2) is 38.6 Å². The molecule has 1 heterocycles. The van der Waals surface area contributed by atoms with Crippen LogP contribution in [0, 0.1) is 0 Å². The number of rotatable bonds is 4. The Bertz CT molecular complexity index is 568. The lowest BCUT2D eigenvalue weighted by atomic mass is 10.0. The predicted molar refractivity (Wildman–Crippen MR) is 87.6 cm³/mol. The molecule has 0 spiro atoms. The zero-order chi connectivity index (χ0) is 14.0. The first kappa shape index (κ1) is 15.2. The summed E-state index contributed by atoms with van der Waals surface area (Å²) < 4.78 is 1.92. The van der Waals surface area contributed by atoms with Gasteiger partial charge in [0.15, 0.2) is 0 Å². The van der Waals surface area contributed by atoms with Crippen molar-refractivity contribution in [1.29, 1.82) is 0 Å². The van der Waals surface area contributed by atoms with E-state index < -0.39 is 6.10 Å². The van der Waals surface area contributed by atoms with Gasteiger partial charge in [0.1, 0.15) is 6.10 Å². The molecular formula is C14H15Br2NOS. The van der Waals surface area contributed by atoms with E-state index in [2.05, 4.69) is 42.8 Å². The van der Waals surface area contributed by atoms with Gasteiger partial charge in [-0.2, -0.15) is 0 Å². The van der Waals surface area contributed by atoms with E-state index in [-0.39, 0.29) is 0 Å². The van der Waals surface area contributed by atoms with Crippen molar-refractivity contribution in [3.63, 3.8) is 0 Å². The maximum Gasteiger partial charge on any atom is 0.115 e. The lowest BCUT2D eigenvalue weighted by Crippen LogP contribution is -2.13. The molecule has 0 amide bonds. The quantitative estimate of drug-likeness (QED) is 0.815. The van der Waals surface area contributed by atoms with Crippen LogP contribution in [-0.4, -0.2) is 24.1 Å². The average Bonchev–Trinajstić information content (AvgIpc) is 2.69. The number of thiophene rings is 1. The molecule has 2 aromatic rings. The Morgan fingerprint density at radius 1 is 1.26 bits per heavy atom. The van der Waals surface area contributed by atoms with Gasteiger partial charge >= 0.3 is 0 Å². The first-order chi connectivity index (χ1) is 9.00. The summed E-state index contributed by atoms with van der Waals surface area (Å²) in [4.78, 5) is 3.03. The second-order valence-electron chi connectivity index (χ2n) is 4.60. The highest BCUT2D eigenvalue weighted by Crippen LogP contribution is 2.39. The average molecular weight is 405 g/mol. The van der Waals surface area contributed by atoms with Crippen LogP contribution in [0.3, 0.4) is 0 Å². The first-order valence-corrected chi connectivity index (χ1v) is 8.30. The summed E-state index contributed by atoms with van der Waals surface area (Å²) >= 11 is 8.53. The van der Waals surface area contributed by atoms with Gasteiger partial charge in [0.2, 0.25) is 0 Å². The molecule has 0 fully saturated rings. The normalized spacial score (nSPS) is 12.9. The van der Waals surface area contributed by atoms with Crippen molar-refractivity contribution in [3.05, 3.63) is 54.6 Å². The number of aliphatic hydroxyl groups excluding tert-OH is 1. The number of benzene rings is 1. The van der Waals surface area contributed by atoms with Gasteiger partial charge in [-0.3, -0.25) is 0 Å². The topological polar surface area (TPSA) is 23.5 Å². The zero-order valence-corrected chi connectivity index (χ0v) is 14.7. The molecule has 19 heavy (non-hydrogen) atoms. The first-order valence-electron chi connectivity index (χ1n) is 5.83. The van der Waals surface area contributed by atoms with Crippen LogP contribution in [-0.2, 0) is 6.54 Å². The van der Waals surface area contributed by atoms with E-state index in [1.54, 1.807) is 11.3 Å². The highest BCUT2D eigenvalue weighted by molar-refractivity contribution is 9.13. The van der Waals surface area contributed by atoms with E-state index in [0.717, 1.165) is 31.5 Å². The third-order valence-corrected chi connectivity index (χ3v) is 6.41. The molecule has 1 N–H and O–H groups in total. The second-order valence-corrected chi connectivity index (χ2v) is 7.16. The molecular weight excluding hydrogens is 390 g/mol. The third-order valence-electron chi connectivity index (χ3n) is 2.80. The maximum absolute atomic E-state index is 10.6. The summed E-state index contributed by atoms with van der Waals surface area (Å²) in [6.45, 7) is 0.817. The smallest absolute Gasteiger partial charge is 0.115 e. The molecule has 1 atom stereocenters. The summed E-state index contributed by atoms with van der Waals surface area (Å²) in [5, 5.41) is 12.6. The number of aliphatic hydroxyl groups is 1. The Morgan fingerprint density at radius 3 is 2.53 bits per heavy atom.